The fourth-order valence-electron chi connectivity index (χ4n) is 6.45. The summed E-state index contributed by atoms with van der Waals surface area (Å²) in [6.07, 6.45) is 6.29. The van der Waals surface area contributed by atoms with Crippen molar-refractivity contribution < 1.29 is 19.4 Å². The SMILES string of the molecule is C[C@@H]1[C@@H]([Si](C)(C)O)[C@H](CCn2cc(CCO)nn2)O[C@@H]1CCc1ccc(N2C(=O)CCc3ccccc32)cc1. The molecule has 9 heteroatoms. The molecule has 1 fully saturated rings. The number of para-hydroxylation sites is 1. The number of rotatable bonds is 10. The van der Waals surface area contributed by atoms with Crippen molar-refractivity contribution in [2.24, 2.45) is 5.92 Å². The molecule has 3 aromatic rings. The standard InChI is InChI=1S/C30H40N4O4Si/c1-21-27(38-28(30(21)39(2,3)37)16-18-33-20-24(17-19-35)31-32-33)14-10-22-8-12-25(13-9-22)34-26-7-5-4-6-23(26)11-15-29(34)36/h4-9,12-13,20-21,27-28,30,35,37H,10-11,14-19H2,1-3H3/t21-,27+,28-,30+/m0/s1. The second-order valence-corrected chi connectivity index (χ2v) is 15.5. The van der Waals surface area contributed by atoms with Crippen molar-refractivity contribution in [1.82, 2.24) is 15.0 Å². The Balaban J connectivity index is 1.22. The first-order valence-corrected chi connectivity index (χ1v) is 17.1. The number of hydrogen-bond acceptors (Lipinski definition) is 6. The third-order valence-electron chi connectivity index (χ3n) is 8.32. The van der Waals surface area contributed by atoms with E-state index in [1.54, 1.807) is 0 Å². The number of carbonyl (C=O) groups is 1. The highest BCUT2D eigenvalue weighted by Gasteiger charge is 2.49. The van der Waals surface area contributed by atoms with Gasteiger partial charge in [0.05, 0.1) is 23.6 Å². The number of anilines is 2. The number of benzene rings is 2. The number of aromatic nitrogens is 3. The second kappa shape index (κ2) is 11.7. The van der Waals surface area contributed by atoms with Crippen LogP contribution in [0.2, 0.25) is 18.6 Å². The fourth-order valence-corrected chi connectivity index (χ4v) is 9.10. The first-order chi connectivity index (χ1) is 18.7. The fraction of sp³-hybridized carbons (Fsp3) is 0.500. The summed E-state index contributed by atoms with van der Waals surface area (Å²) < 4.78 is 8.41. The van der Waals surface area contributed by atoms with Gasteiger partial charge in [0.1, 0.15) is 0 Å². The van der Waals surface area contributed by atoms with Crippen LogP contribution in [0.4, 0.5) is 11.4 Å². The van der Waals surface area contributed by atoms with E-state index in [4.69, 9.17) is 9.84 Å². The number of aliphatic hydroxyl groups excluding tert-OH is 1. The lowest BCUT2D eigenvalue weighted by Crippen LogP contribution is -2.40. The van der Waals surface area contributed by atoms with Crippen molar-refractivity contribution in [2.75, 3.05) is 11.5 Å². The Hall–Kier alpha value is -2.85. The minimum absolute atomic E-state index is 0.0188. The van der Waals surface area contributed by atoms with E-state index in [0.29, 0.717) is 19.4 Å². The molecule has 3 heterocycles. The summed E-state index contributed by atoms with van der Waals surface area (Å²) >= 11 is 0. The van der Waals surface area contributed by atoms with Gasteiger partial charge < -0.3 is 14.6 Å². The number of carbonyl (C=O) groups excluding carboxylic acids is 1. The molecule has 1 saturated heterocycles. The highest BCUT2D eigenvalue weighted by molar-refractivity contribution is 6.71. The Morgan fingerprint density at radius 1 is 1.03 bits per heavy atom. The van der Waals surface area contributed by atoms with Crippen molar-refractivity contribution in [3.63, 3.8) is 0 Å². The Kier molecular flexibility index (Phi) is 8.32. The number of ether oxygens (including phenoxy) is 1. The molecule has 208 valence electrons. The quantitative estimate of drug-likeness (QED) is 0.364. The summed E-state index contributed by atoms with van der Waals surface area (Å²) in [5, 5.41) is 17.4. The molecule has 0 aliphatic carbocycles. The van der Waals surface area contributed by atoms with Crippen LogP contribution in [0.5, 0.6) is 0 Å². The Bertz CT molecular complexity index is 1270. The molecule has 2 aliphatic rings. The van der Waals surface area contributed by atoms with E-state index in [0.717, 1.165) is 42.8 Å². The van der Waals surface area contributed by atoms with Crippen LogP contribution in [0.1, 0.15) is 43.0 Å². The monoisotopic (exact) mass is 548 g/mol. The van der Waals surface area contributed by atoms with E-state index < -0.39 is 8.32 Å². The third kappa shape index (κ3) is 6.16. The molecule has 39 heavy (non-hydrogen) atoms. The van der Waals surface area contributed by atoms with Crippen molar-refractivity contribution in [3.05, 3.63) is 71.5 Å². The van der Waals surface area contributed by atoms with Crippen LogP contribution in [-0.2, 0) is 35.3 Å². The Labute approximate surface area is 231 Å². The van der Waals surface area contributed by atoms with Crippen LogP contribution in [-0.4, -0.2) is 57.9 Å². The average molecular weight is 549 g/mol. The third-order valence-corrected chi connectivity index (χ3v) is 10.8. The van der Waals surface area contributed by atoms with Gasteiger partial charge in [-0.25, -0.2) is 0 Å². The number of nitrogens with zero attached hydrogens (tertiary/aromatic N) is 4. The van der Waals surface area contributed by atoms with Crippen LogP contribution >= 0.6 is 0 Å². The van der Waals surface area contributed by atoms with Gasteiger partial charge in [0.15, 0.2) is 8.32 Å². The molecule has 0 radical (unpaired) electrons. The molecular formula is C30H40N4O4Si. The largest absolute Gasteiger partial charge is 0.432 e. The highest BCUT2D eigenvalue weighted by Crippen LogP contribution is 2.45. The van der Waals surface area contributed by atoms with E-state index in [1.165, 1.54) is 11.1 Å². The van der Waals surface area contributed by atoms with Gasteiger partial charge in [-0.15, -0.1) is 5.10 Å². The van der Waals surface area contributed by atoms with Crippen LogP contribution in [0, 0.1) is 5.92 Å². The molecule has 8 nitrogen and oxygen atoms in total. The molecule has 2 aliphatic heterocycles. The first-order valence-electron chi connectivity index (χ1n) is 14.1. The summed E-state index contributed by atoms with van der Waals surface area (Å²) in [7, 11) is -2.45. The number of aliphatic hydroxyl groups is 1. The minimum Gasteiger partial charge on any atom is -0.432 e. The van der Waals surface area contributed by atoms with E-state index in [9.17, 15) is 9.59 Å². The van der Waals surface area contributed by atoms with E-state index >= 15 is 0 Å². The maximum atomic E-state index is 12.8. The highest BCUT2D eigenvalue weighted by atomic mass is 28.4. The molecule has 0 unspecified atom stereocenters. The maximum absolute atomic E-state index is 12.8. The van der Waals surface area contributed by atoms with Gasteiger partial charge in [0.2, 0.25) is 5.91 Å². The molecule has 2 N–H and O–H groups in total. The predicted molar refractivity (Wildman–Crippen MR) is 153 cm³/mol. The molecule has 0 saturated carbocycles. The lowest BCUT2D eigenvalue weighted by molar-refractivity contribution is -0.118. The summed E-state index contributed by atoms with van der Waals surface area (Å²) in [6.45, 7) is 6.98. The molecule has 0 bridgehead atoms. The molecule has 5 rings (SSSR count). The zero-order valence-corrected chi connectivity index (χ0v) is 24.2. The second-order valence-electron chi connectivity index (χ2n) is 11.5. The van der Waals surface area contributed by atoms with Crippen molar-refractivity contribution >= 4 is 25.6 Å². The number of aryl methyl sites for hydroxylation is 3. The average Bonchev–Trinajstić information content (AvgIpc) is 3.50. The molecule has 0 spiro atoms. The van der Waals surface area contributed by atoms with E-state index in [1.807, 2.05) is 59.2 Å². The minimum atomic E-state index is -2.45. The molecular weight excluding hydrogens is 508 g/mol. The number of fused-ring (bicyclic) bond motifs is 1. The van der Waals surface area contributed by atoms with Gasteiger partial charge in [0, 0.05) is 43.4 Å². The smallest absolute Gasteiger partial charge is 0.231 e. The topological polar surface area (TPSA) is 101 Å². The van der Waals surface area contributed by atoms with E-state index in [2.05, 4.69) is 35.4 Å². The molecule has 2 aromatic carbocycles. The van der Waals surface area contributed by atoms with Gasteiger partial charge in [-0.3, -0.25) is 14.4 Å². The molecule has 1 amide bonds. The summed E-state index contributed by atoms with van der Waals surface area (Å²) in [5.74, 6) is 0.405. The normalized spacial score (nSPS) is 23.3. The zero-order valence-electron chi connectivity index (χ0n) is 23.2. The van der Waals surface area contributed by atoms with E-state index in [-0.39, 0.29) is 36.2 Å². The Morgan fingerprint density at radius 2 is 1.79 bits per heavy atom. The van der Waals surface area contributed by atoms with Gasteiger partial charge in [-0.2, -0.15) is 0 Å². The summed E-state index contributed by atoms with van der Waals surface area (Å²) in [5.41, 5.74) is 5.25. The van der Waals surface area contributed by atoms with Gasteiger partial charge in [-0.1, -0.05) is 42.5 Å². The predicted octanol–water partition coefficient (Wildman–Crippen LogP) is 4.42. The summed E-state index contributed by atoms with van der Waals surface area (Å²) in [4.78, 5) is 25.8. The summed E-state index contributed by atoms with van der Waals surface area (Å²) in [6, 6.07) is 16.5. The van der Waals surface area contributed by atoms with Gasteiger partial charge in [0.25, 0.3) is 0 Å². The van der Waals surface area contributed by atoms with Gasteiger partial charge >= 0.3 is 0 Å². The lowest BCUT2D eigenvalue weighted by atomic mass is 9.95. The van der Waals surface area contributed by atoms with Crippen LogP contribution in [0.25, 0.3) is 0 Å². The molecule has 1 aromatic heterocycles. The maximum Gasteiger partial charge on any atom is 0.231 e. The first kappa shape index (κ1) is 27.7. The van der Waals surface area contributed by atoms with Crippen LogP contribution in [0.15, 0.2) is 54.7 Å². The zero-order chi connectivity index (χ0) is 27.6. The van der Waals surface area contributed by atoms with Crippen molar-refractivity contribution in [3.8, 4) is 0 Å². The van der Waals surface area contributed by atoms with Crippen molar-refractivity contribution in [1.29, 1.82) is 0 Å². The van der Waals surface area contributed by atoms with Crippen molar-refractivity contribution in [2.45, 2.75) is 82.8 Å². The van der Waals surface area contributed by atoms with Crippen LogP contribution in [0.3, 0.4) is 0 Å². The molecule has 4 atom stereocenters. The van der Waals surface area contributed by atoms with Gasteiger partial charge in [-0.05, 0) is 74.0 Å². The Morgan fingerprint density at radius 3 is 2.54 bits per heavy atom. The number of hydrogen-bond donors (Lipinski definition) is 2. The lowest BCUT2D eigenvalue weighted by Gasteiger charge is -2.30. The van der Waals surface area contributed by atoms with Crippen LogP contribution < -0.4 is 4.90 Å². The number of amides is 1.